The van der Waals surface area contributed by atoms with E-state index in [1.165, 1.54) is 0 Å². The molecule has 1 saturated heterocycles. The Kier molecular flexibility index (Phi) is 3.99. The third-order valence-corrected chi connectivity index (χ3v) is 3.66. The predicted octanol–water partition coefficient (Wildman–Crippen LogP) is 1.10. The van der Waals surface area contributed by atoms with Crippen LogP contribution in [0.5, 0.6) is 0 Å². The van der Waals surface area contributed by atoms with Crippen molar-refractivity contribution in [2.24, 2.45) is 0 Å². The maximum Gasteiger partial charge on any atom is 0.244 e. The summed E-state index contributed by atoms with van der Waals surface area (Å²) in [4.78, 5) is 16.3. The number of carbonyl (C=O) groups is 1. The van der Waals surface area contributed by atoms with Crippen LogP contribution in [0.2, 0.25) is 0 Å². The average Bonchev–Trinajstić information content (AvgIpc) is 2.40. The van der Waals surface area contributed by atoms with Gasteiger partial charge in [0.25, 0.3) is 0 Å². The van der Waals surface area contributed by atoms with Crippen LogP contribution in [0, 0.1) is 0 Å². The van der Waals surface area contributed by atoms with Gasteiger partial charge in [0.2, 0.25) is 5.91 Å². The highest BCUT2D eigenvalue weighted by atomic mass is 16.3. The third-order valence-electron chi connectivity index (χ3n) is 3.66. The Balaban J connectivity index is 2.24. The van der Waals surface area contributed by atoms with Crippen molar-refractivity contribution in [1.29, 1.82) is 0 Å². The molecule has 0 saturated carbocycles. The smallest absolute Gasteiger partial charge is 0.244 e. The largest absolute Gasteiger partial charge is 0.396 e. The number of para-hydroxylation sites is 1. The van der Waals surface area contributed by atoms with Crippen molar-refractivity contribution in [3.05, 3.63) is 30.3 Å². The summed E-state index contributed by atoms with van der Waals surface area (Å²) in [6.45, 7) is 2.84. The Bertz CT molecular complexity index is 408. The summed E-state index contributed by atoms with van der Waals surface area (Å²) >= 11 is 0. The highest BCUT2D eigenvalue weighted by Crippen LogP contribution is 2.23. The van der Waals surface area contributed by atoms with E-state index < -0.39 is 0 Å². The minimum absolute atomic E-state index is 0.0378. The zero-order chi connectivity index (χ0) is 13.1. The van der Waals surface area contributed by atoms with E-state index in [-0.39, 0.29) is 18.6 Å². The monoisotopic (exact) mass is 248 g/mol. The number of likely N-dealkylation sites (N-methyl/N-ethyl adjacent to an activating group) is 1. The molecule has 0 bridgehead atoms. The van der Waals surface area contributed by atoms with Crippen LogP contribution < -0.4 is 4.90 Å². The summed E-state index contributed by atoms with van der Waals surface area (Å²) in [7, 11) is 1.95. The van der Waals surface area contributed by atoms with Crippen molar-refractivity contribution >= 4 is 11.6 Å². The Morgan fingerprint density at radius 2 is 2.00 bits per heavy atom. The highest BCUT2D eigenvalue weighted by Gasteiger charge is 2.36. The molecule has 1 aromatic carbocycles. The van der Waals surface area contributed by atoms with Gasteiger partial charge in [-0.2, -0.15) is 0 Å². The number of aliphatic hydroxyl groups is 1. The van der Waals surface area contributed by atoms with E-state index >= 15 is 0 Å². The topological polar surface area (TPSA) is 43.8 Å². The maximum absolute atomic E-state index is 12.4. The molecule has 1 fully saturated rings. The van der Waals surface area contributed by atoms with E-state index in [9.17, 15) is 4.79 Å². The molecule has 1 aliphatic heterocycles. The standard InChI is InChI=1S/C14H20N2O2/c1-11-10-16(12-6-4-3-5-7-12)14(18)13(8-9-17)15(11)2/h3-7,11,13,17H,8-10H2,1-2H3. The van der Waals surface area contributed by atoms with Crippen LogP contribution in [0.15, 0.2) is 30.3 Å². The minimum Gasteiger partial charge on any atom is -0.396 e. The number of anilines is 1. The van der Waals surface area contributed by atoms with Crippen LogP contribution in [0.4, 0.5) is 5.69 Å². The van der Waals surface area contributed by atoms with Crippen molar-refractivity contribution in [1.82, 2.24) is 4.90 Å². The molecule has 4 nitrogen and oxygen atoms in total. The van der Waals surface area contributed by atoms with E-state index in [2.05, 4.69) is 11.8 Å². The molecule has 2 atom stereocenters. The Morgan fingerprint density at radius 3 is 2.61 bits per heavy atom. The second-order valence-electron chi connectivity index (χ2n) is 4.83. The summed E-state index contributed by atoms with van der Waals surface area (Å²) in [6.07, 6.45) is 0.489. The molecular weight excluding hydrogens is 228 g/mol. The average molecular weight is 248 g/mol. The van der Waals surface area contributed by atoms with Crippen molar-refractivity contribution in [3.8, 4) is 0 Å². The van der Waals surface area contributed by atoms with Crippen LogP contribution in [0.25, 0.3) is 0 Å². The fourth-order valence-corrected chi connectivity index (χ4v) is 2.43. The quantitative estimate of drug-likeness (QED) is 0.871. The summed E-state index contributed by atoms with van der Waals surface area (Å²) < 4.78 is 0. The number of hydrogen-bond acceptors (Lipinski definition) is 3. The van der Waals surface area contributed by atoms with Gasteiger partial charge >= 0.3 is 0 Å². The van der Waals surface area contributed by atoms with E-state index in [1.807, 2.05) is 42.3 Å². The molecule has 98 valence electrons. The number of amides is 1. The second-order valence-corrected chi connectivity index (χ2v) is 4.83. The molecule has 1 aromatic rings. The summed E-state index contributed by atoms with van der Waals surface area (Å²) in [5.74, 6) is 0.0795. The van der Waals surface area contributed by atoms with Crippen LogP contribution in [-0.2, 0) is 4.79 Å². The van der Waals surface area contributed by atoms with Gasteiger partial charge in [0.1, 0.15) is 0 Å². The van der Waals surface area contributed by atoms with Crippen LogP contribution in [0.1, 0.15) is 13.3 Å². The second kappa shape index (κ2) is 5.50. The fraction of sp³-hybridized carbons (Fsp3) is 0.500. The minimum atomic E-state index is -0.223. The number of nitrogens with zero attached hydrogens (tertiary/aromatic N) is 2. The number of benzene rings is 1. The Labute approximate surface area is 108 Å². The molecule has 2 rings (SSSR count). The summed E-state index contributed by atoms with van der Waals surface area (Å²) in [5.41, 5.74) is 0.936. The van der Waals surface area contributed by atoms with Gasteiger partial charge in [0.05, 0.1) is 6.04 Å². The lowest BCUT2D eigenvalue weighted by Gasteiger charge is -2.42. The molecule has 1 heterocycles. The van der Waals surface area contributed by atoms with E-state index in [0.29, 0.717) is 19.0 Å². The highest BCUT2D eigenvalue weighted by molar-refractivity contribution is 5.98. The van der Waals surface area contributed by atoms with Gasteiger partial charge < -0.3 is 10.0 Å². The first-order chi connectivity index (χ1) is 8.65. The third kappa shape index (κ3) is 2.40. The molecular formula is C14H20N2O2. The predicted molar refractivity (Wildman–Crippen MR) is 71.5 cm³/mol. The van der Waals surface area contributed by atoms with Crippen LogP contribution in [-0.4, -0.2) is 48.2 Å². The molecule has 1 N–H and O–H groups in total. The number of aliphatic hydroxyl groups excluding tert-OH is 1. The Hall–Kier alpha value is -1.39. The van der Waals surface area contributed by atoms with Crippen molar-refractivity contribution in [3.63, 3.8) is 0 Å². The molecule has 0 aromatic heterocycles. The lowest BCUT2D eigenvalue weighted by Crippen LogP contribution is -2.60. The van der Waals surface area contributed by atoms with Crippen molar-refractivity contribution in [2.45, 2.75) is 25.4 Å². The first kappa shape index (κ1) is 13.1. The van der Waals surface area contributed by atoms with Gasteiger partial charge in [-0.05, 0) is 32.5 Å². The van der Waals surface area contributed by atoms with Crippen molar-refractivity contribution in [2.75, 3.05) is 25.1 Å². The van der Waals surface area contributed by atoms with Gasteiger partial charge in [0, 0.05) is 24.9 Å². The maximum atomic E-state index is 12.4. The lowest BCUT2D eigenvalue weighted by atomic mass is 10.0. The SMILES string of the molecule is CC1CN(c2ccccc2)C(=O)C(CCO)N1C. The molecule has 1 aliphatic rings. The normalized spacial score (nSPS) is 25.5. The number of hydrogen-bond donors (Lipinski definition) is 1. The van der Waals surface area contributed by atoms with E-state index in [1.54, 1.807) is 0 Å². The summed E-state index contributed by atoms with van der Waals surface area (Å²) in [6, 6.07) is 9.79. The molecule has 0 spiro atoms. The Morgan fingerprint density at radius 1 is 1.33 bits per heavy atom. The van der Waals surface area contributed by atoms with Gasteiger partial charge in [-0.1, -0.05) is 18.2 Å². The van der Waals surface area contributed by atoms with Gasteiger partial charge in [-0.25, -0.2) is 0 Å². The molecule has 0 radical (unpaired) electrons. The fourth-order valence-electron chi connectivity index (χ4n) is 2.43. The summed E-state index contributed by atoms with van der Waals surface area (Å²) in [5, 5.41) is 9.10. The molecule has 1 amide bonds. The molecule has 2 unspecified atom stereocenters. The van der Waals surface area contributed by atoms with Crippen LogP contribution >= 0.6 is 0 Å². The van der Waals surface area contributed by atoms with Crippen molar-refractivity contribution < 1.29 is 9.90 Å². The molecule has 4 heteroatoms. The molecule has 0 aliphatic carbocycles. The van der Waals surface area contributed by atoms with Gasteiger partial charge in [0.15, 0.2) is 0 Å². The first-order valence-corrected chi connectivity index (χ1v) is 6.34. The first-order valence-electron chi connectivity index (χ1n) is 6.34. The van der Waals surface area contributed by atoms with Crippen LogP contribution in [0.3, 0.4) is 0 Å². The zero-order valence-electron chi connectivity index (χ0n) is 10.9. The van der Waals surface area contributed by atoms with E-state index in [4.69, 9.17) is 5.11 Å². The molecule has 18 heavy (non-hydrogen) atoms. The number of piperazine rings is 1. The van der Waals surface area contributed by atoms with E-state index in [0.717, 1.165) is 5.69 Å². The lowest BCUT2D eigenvalue weighted by molar-refractivity contribution is -0.127. The van der Waals surface area contributed by atoms with Gasteiger partial charge in [-0.3, -0.25) is 9.69 Å². The number of carbonyl (C=O) groups excluding carboxylic acids is 1. The van der Waals surface area contributed by atoms with Gasteiger partial charge in [-0.15, -0.1) is 0 Å². The number of rotatable bonds is 3. The zero-order valence-corrected chi connectivity index (χ0v) is 10.9.